The van der Waals surface area contributed by atoms with Crippen molar-refractivity contribution in [1.82, 2.24) is 9.88 Å². The van der Waals surface area contributed by atoms with Crippen molar-refractivity contribution in [1.29, 1.82) is 0 Å². The minimum Gasteiger partial charge on any atom is -0.476 e. The summed E-state index contributed by atoms with van der Waals surface area (Å²) < 4.78 is 5.53. The largest absolute Gasteiger partial charge is 0.476 e. The van der Waals surface area contributed by atoms with Crippen molar-refractivity contribution in [2.45, 2.75) is 13.8 Å². The first-order valence-corrected chi connectivity index (χ1v) is 6.01. The van der Waals surface area contributed by atoms with Crippen LogP contribution in [-0.2, 0) is 0 Å². The molecule has 1 aromatic rings. The van der Waals surface area contributed by atoms with Gasteiger partial charge in [0.15, 0.2) is 5.84 Å². The first-order valence-electron chi connectivity index (χ1n) is 6.01. The van der Waals surface area contributed by atoms with Crippen LogP contribution in [0, 0.1) is 0 Å². The molecule has 0 aromatic carbocycles. The number of rotatable bonds is 7. The van der Waals surface area contributed by atoms with Crippen LogP contribution in [-0.4, -0.2) is 47.2 Å². The molecule has 0 atom stereocenters. The number of ether oxygens (including phenoxy) is 1. The Kier molecular flexibility index (Phi) is 5.93. The van der Waals surface area contributed by atoms with Gasteiger partial charge in [-0.2, -0.15) is 0 Å². The maximum atomic E-state index is 8.57. The van der Waals surface area contributed by atoms with E-state index >= 15 is 0 Å². The van der Waals surface area contributed by atoms with Crippen molar-refractivity contribution in [3.05, 3.63) is 23.9 Å². The van der Waals surface area contributed by atoms with Gasteiger partial charge in [-0.1, -0.05) is 25.1 Å². The molecule has 18 heavy (non-hydrogen) atoms. The molecular weight excluding hydrogens is 232 g/mol. The average molecular weight is 252 g/mol. The van der Waals surface area contributed by atoms with E-state index in [1.165, 1.54) is 0 Å². The summed E-state index contributed by atoms with van der Waals surface area (Å²) in [5, 5.41) is 11.5. The lowest BCUT2D eigenvalue weighted by molar-refractivity contribution is 0.218. The van der Waals surface area contributed by atoms with Gasteiger partial charge in [-0.3, -0.25) is 0 Å². The Hall–Kier alpha value is -1.82. The van der Waals surface area contributed by atoms with E-state index < -0.39 is 0 Å². The van der Waals surface area contributed by atoms with Crippen LogP contribution in [0.1, 0.15) is 19.5 Å². The van der Waals surface area contributed by atoms with Crippen molar-refractivity contribution in [2.75, 3.05) is 26.2 Å². The molecule has 6 nitrogen and oxygen atoms in total. The Morgan fingerprint density at radius 1 is 1.44 bits per heavy atom. The highest BCUT2D eigenvalue weighted by molar-refractivity contribution is 5.95. The lowest BCUT2D eigenvalue weighted by Crippen LogP contribution is -2.28. The second-order valence-electron chi connectivity index (χ2n) is 3.72. The molecule has 0 aliphatic rings. The van der Waals surface area contributed by atoms with E-state index in [-0.39, 0.29) is 5.84 Å². The zero-order valence-corrected chi connectivity index (χ0v) is 10.8. The van der Waals surface area contributed by atoms with Gasteiger partial charge in [-0.15, -0.1) is 0 Å². The van der Waals surface area contributed by atoms with Crippen LogP contribution in [0.2, 0.25) is 0 Å². The van der Waals surface area contributed by atoms with Gasteiger partial charge in [-0.25, -0.2) is 4.98 Å². The number of nitrogens with zero attached hydrogens (tertiary/aromatic N) is 3. The van der Waals surface area contributed by atoms with Crippen molar-refractivity contribution in [3.63, 3.8) is 0 Å². The van der Waals surface area contributed by atoms with E-state index in [2.05, 4.69) is 28.9 Å². The lowest BCUT2D eigenvalue weighted by atomic mass is 10.3. The van der Waals surface area contributed by atoms with Gasteiger partial charge in [0, 0.05) is 12.6 Å². The zero-order chi connectivity index (χ0) is 13.4. The third kappa shape index (κ3) is 4.21. The Labute approximate surface area is 107 Å². The van der Waals surface area contributed by atoms with Crippen LogP contribution in [0.5, 0.6) is 5.88 Å². The fourth-order valence-electron chi connectivity index (χ4n) is 1.51. The van der Waals surface area contributed by atoms with Gasteiger partial charge in [0.25, 0.3) is 0 Å². The fourth-order valence-corrected chi connectivity index (χ4v) is 1.51. The van der Waals surface area contributed by atoms with Gasteiger partial charge < -0.3 is 20.6 Å². The zero-order valence-electron chi connectivity index (χ0n) is 10.8. The summed E-state index contributed by atoms with van der Waals surface area (Å²) in [6.07, 6.45) is 0. The highest BCUT2D eigenvalue weighted by atomic mass is 16.5. The third-order valence-electron chi connectivity index (χ3n) is 2.65. The first kappa shape index (κ1) is 14.2. The van der Waals surface area contributed by atoms with E-state index in [0.29, 0.717) is 18.2 Å². The molecule has 0 bridgehead atoms. The first-order chi connectivity index (χ1) is 8.71. The predicted molar refractivity (Wildman–Crippen MR) is 70.0 cm³/mol. The summed E-state index contributed by atoms with van der Waals surface area (Å²) in [6, 6.07) is 5.16. The molecule has 6 heteroatoms. The summed E-state index contributed by atoms with van der Waals surface area (Å²) in [7, 11) is 0. The van der Waals surface area contributed by atoms with Crippen LogP contribution < -0.4 is 10.5 Å². The molecule has 1 rings (SSSR count). The van der Waals surface area contributed by atoms with Crippen LogP contribution in [0.25, 0.3) is 0 Å². The van der Waals surface area contributed by atoms with E-state index in [0.717, 1.165) is 19.6 Å². The molecule has 0 fully saturated rings. The fraction of sp³-hybridized carbons (Fsp3) is 0.500. The molecule has 0 spiro atoms. The minimum absolute atomic E-state index is 0.0239. The lowest BCUT2D eigenvalue weighted by Gasteiger charge is -2.17. The topological polar surface area (TPSA) is 84.0 Å². The number of hydrogen-bond acceptors (Lipinski definition) is 5. The molecule has 0 saturated carbocycles. The number of hydrogen-bond donors (Lipinski definition) is 2. The summed E-state index contributed by atoms with van der Waals surface area (Å²) in [5.41, 5.74) is 5.86. The molecule has 0 aliphatic carbocycles. The summed E-state index contributed by atoms with van der Waals surface area (Å²) in [6.45, 7) is 7.63. The molecule has 0 unspecified atom stereocenters. The summed E-state index contributed by atoms with van der Waals surface area (Å²) in [5.74, 6) is 0.454. The molecule has 0 amide bonds. The van der Waals surface area contributed by atoms with Crippen molar-refractivity contribution in [3.8, 4) is 5.88 Å². The Bertz CT molecular complexity index is 391. The second kappa shape index (κ2) is 7.50. The molecule has 0 saturated heterocycles. The van der Waals surface area contributed by atoms with Crippen molar-refractivity contribution in [2.24, 2.45) is 10.9 Å². The van der Waals surface area contributed by atoms with E-state index in [9.17, 15) is 0 Å². The quantitative estimate of drug-likeness (QED) is 0.326. The van der Waals surface area contributed by atoms with Crippen LogP contribution in [0.15, 0.2) is 23.4 Å². The number of oxime groups is 1. The number of likely N-dealkylation sites (N-methyl/N-ethyl adjacent to an activating group) is 1. The van der Waals surface area contributed by atoms with Crippen LogP contribution >= 0.6 is 0 Å². The third-order valence-corrected chi connectivity index (χ3v) is 2.65. The van der Waals surface area contributed by atoms with Crippen molar-refractivity contribution >= 4 is 5.84 Å². The van der Waals surface area contributed by atoms with Crippen molar-refractivity contribution < 1.29 is 9.94 Å². The molecule has 1 heterocycles. The minimum atomic E-state index is -0.0239. The monoisotopic (exact) mass is 252 g/mol. The second-order valence-corrected chi connectivity index (χ2v) is 3.72. The van der Waals surface area contributed by atoms with E-state index in [1.54, 1.807) is 18.2 Å². The molecule has 100 valence electrons. The molecule has 1 aromatic heterocycles. The van der Waals surface area contributed by atoms with Gasteiger partial charge in [0.1, 0.15) is 12.3 Å². The van der Waals surface area contributed by atoms with E-state index in [4.69, 9.17) is 15.7 Å². The van der Waals surface area contributed by atoms with E-state index in [1.807, 2.05) is 0 Å². The molecule has 3 N–H and O–H groups in total. The van der Waals surface area contributed by atoms with Gasteiger partial charge in [-0.05, 0) is 19.2 Å². The number of aromatic nitrogens is 1. The molecule has 0 radical (unpaired) electrons. The number of nitrogens with two attached hydrogens (primary N) is 1. The standard InChI is InChI=1S/C12H20N4O2/c1-3-16(4-2)8-9-18-11-7-5-6-10(14-11)12(13)15-17/h5-7,17H,3-4,8-9H2,1-2H3,(H2,13,15). The maximum Gasteiger partial charge on any atom is 0.213 e. The maximum absolute atomic E-state index is 8.57. The van der Waals surface area contributed by atoms with Crippen LogP contribution in [0.3, 0.4) is 0 Å². The highest BCUT2D eigenvalue weighted by Gasteiger charge is 2.04. The van der Waals surface area contributed by atoms with Gasteiger partial charge in [0.05, 0.1) is 0 Å². The smallest absolute Gasteiger partial charge is 0.213 e. The number of amidine groups is 1. The highest BCUT2D eigenvalue weighted by Crippen LogP contribution is 2.07. The molecule has 0 aliphatic heterocycles. The SMILES string of the molecule is CCN(CC)CCOc1cccc(C(N)=NO)n1. The normalized spacial score (nSPS) is 11.8. The summed E-state index contributed by atoms with van der Waals surface area (Å²) >= 11 is 0. The Morgan fingerprint density at radius 2 is 2.17 bits per heavy atom. The van der Waals surface area contributed by atoms with Crippen LogP contribution in [0.4, 0.5) is 0 Å². The predicted octanol–water partition coefficient (Wildman–Crippen LogP) is 0.897. The molecular formula is C12H20N4O2. The number of pyridine rings is 1. The van der Waals surface area contributed by atoms with Gasteiger partial charge in [0.2, 0.25) is 5.88 Å². The summed E-state index contributed by atoms with van der Waals surface area (Å²) in [4.78, 5) is 6.39. The Morgan fingerprint density at radius 3 is 2.78 bits per heavy atom. The van der Waals surface area contributed by atoms with Gasteiger partial charge >= 0.3 is 0 Å². The average Bonchev–Trinajstić information content (AvgIpc) is 2.43. The Balaban J connectivity index is 2.52.